The molecule has 2 aromatic rings. The van der Waals surface area contributed by atoms with E-state index in [-0.39, 0.29) is 18.0 Å². The van der Waals surface area contributed by atoms with Crippen molar-refractivity contribution >= 4 is 23.5 Å². The van der Waals surface area contributed by atoms with Gasteiger partial charge in [0, 0.05) is 17.7 Å². The van der Waals surface area contributed by atoms with E-state index in [0.29, 0.717) is 11.6 Å². The first-order valence-corrected chi connectivity index (χ1v) is 8.57. The monoisotopic (exact) mass is 390 g/mol. The van der Waals surface area contributed by atoms with Crippen LogP contribution in [0, 0.1) is 11.6 Å². The van der Waals surface area contributed by atoms with E-state index in [2.05, 4.69) is 10.6 Å². The first-order chi connectivity index (χ1) is 13.3. The number of halogens is 2. The van der Waals surface area contributed by atoms with E-state index in [1.807, 2.05) is 0 Å². The van der Waals surface area contributed by atoms with Gasteiger partial charge in [-0.25, -0.2) is 8.78 Å². The minimum atomic E-state index is -1.20. The largest absolute Gasteiger partial charge is 0.452 e. The zero-order valence-corrected chi connectivity index (χ0v) is 15.4. The van der Waals surface area contributed by atoms with E-state index in [1.54, 1.807) is 37.3 Å². The van der Waals surface area contributed by atoms with E-state index in [4.69, 9.17) is 4.74 Å². The van der Waals surface area contributed by atoms with Crippen LogP contribution in [0.4, 0.5) is 14.5 Å². The molecule has 0 aliphatic rings. The third kappa shape index (κ3) is 6.15. The first-order valence-electron chi connectivity index (χ1n) is 8.57. The molecule has 2 aromatic carbocycles. The minimum Gasteiger partial charge on any atom is -0.452 e. The summed E-state index contributed by atoms with van der Waals surface area (Å²) in [6.45, 7) is 2.95. The zero-order chi connectivity index (χ0) is 20.7. The number of rotatable bonds is 7. The fourth-order valence-electron chi connectivity index (χ4n) is 2.32. The smallest absolute Gasteiger partial charge is 0.308 e. The molecule has 2 atom stereocenters. The van der Waals surface area contributed by atoms with Crippen molar-refractivity contribution in [1.82, 2.24) is 5.32 Å². The Morgan fingerprint density at radius 1 is 1.04 bits per heavy atom. The first kappa shape index (κ1) is 21.0. The molecule has 28 heavy (non-hydrogen) atoms. The number of hydrogen-bond donors (Lipinski definition) is 2. The molecule has 2 unspecified atom stereocenters. The highest BCUT2D eigenvalue weighted by Gasteiger charge is 2.21. The van der Waals surface area contributed by atoms with Crippen molar-refractivity contribution in [3.63, 3.8) is 0 Å². The van der Waals surface area contributed by atoms with Crippen LogP contribution in [0.2, 0.25) is 0 Å². The van der Waals surface area contributed by atoms with Crippen molar-refractivity contribution in [3.8, 4) is 0 Å². The van der Waals surface area contributed by atoms with Gasteiger partial charge in [-0.3, -0.25) is 14.4 Å². The molecule has 148 valence electrons. The molecule has 0 heterocycles. The summed E-state index contributed by atoms with van der Waals surface area (Å²) >= 11 is 0. The molecule has 0 aliphatic heterocycles. The summed E-state index contributed by atoms with van der Waals surface area (Å²) in [5, 5.41) is 4.88. The molecule has 2 rings (SSSR count). The van der Waals surface area contributed by atoms with Gasteiger partial charge in [-0.2, -0.15) is 0 Å². The van der Waals surface area contributed by atoms with Gasteiger partial charge >= 0.3 is 5.97 Å². The second-order valence-electron chi connectivity index (χ2n) is 6.19. The Morgan fingerprint density at radius 2 is 1.71 bits per heavy atom. The predicted molar refractivity (Wildman–Crippen MR) is 98.5 cm³/mol. The SMILES string of the molecule is CC(CC(=O)OC(C)C(=O)Nc1ccc(F)cc1F)NC(=O)c1ccccc1. The van der Waals surface area contributed by atoms with Gasteiger partial charge in [-0.15, -0.1) is 0 Å². The number of hydrogen-bond acceptors (Lipinski definition) is 4. The second kappa shape index (κ2) is 9.59. The standard InChI is InChI=1S/C20H20F2N2O4/c1-12(23-20(27)14-6-4-3-5-7-14)10-18(25)28-13(2)19(26)24-17-9-8-15(21)11-16(17)22/h3-9,11-13H,10H2,1-2H3,(H,23,27)(H,24,26). The van der Waals surface area contributed by atoms with Gasteiger partial charge < -0.3 is 15.4 Å². The molecule has 2 amide bonds. The molecule has 8 heteroatoms. The average molecular weight is 390 g/mol. The fourth-order valence-corrected chi connectivity index (χ4v) is 2.32. The van der Waals surface area contributed by atoms with Crippen molar-refractivity contribution in [2.45, 2.75) is 32.4 Å². The molecule has 0 saturated carbocycles. The van der Waals surface area contributed by atoms with Crippen LogP contribution in [0.3, 0.4) is 0 Å². The van der Waals surface area contributed by atoms with Crippen LogP contribution in [0.5, 0.6) is 0 Å². The van der Waals surface area contributed by atoms with E-state index >= 15 is 0 Å². The van der Waals surface area contributed by atoms with Gasteiger partial charge in [0.1, 0.15) is 11.6 Å². The lowest BCUT2D eigenvalue weighted by molar-refractivity contribution is -0.153. The van der Waals surface area contributed by atoms with Gasteiger partial charge in [0.05, 0.1) is 12.1 Å². The lowest BCUT2D eigenvalue weighted by Crippen LogP contribution is -2.36. The lowest BCUT2D eigenvalue weighted by atomic mass is 10.2. The highest BCUT2D eigenvalue weighted by molar-refractivity contribution is 5.96. The molecule has 0 bridgehead atoms. The van der Waals surface area contributed by atoms with Crippen LogP contribution in [0.25, 0.3) is 0 Å². The van der Waals surface area contributed by atoms with Crippen LogP contribution in [0.15, 0.2) is 48.5 Å². The predicted octanol–water partition coefficient (Wildman–Crippen LogP) is 3.04. The number of carbonyl (C=O) groups is 3. The van der Waals surface area contributed by atoms with Gasteiger partial charge in [-0.1, -0.05) is 18.2 Å². The Kier molecular flexibility index (Phi) is 7.20. The maximum atomic E-state index is 13.6. The normalized spacial score (nSPS) is 12.6. The number of esters is 1. The number of nitrogens with one attached hydrogen (secondary N) is 2. The van der Waals surface area contributed by atoms with Gasteiger partial charge in [-0.05, 0) is 38.1 Å². The van der Waals surface area contributed by atoms with Crippen molar-refractivity contribution in [2.24, 2.45) is 0 Å². The number of carbonyl (C=O) groups excluding carboxylic acids is 3. The van der Waals surface area contributed by atoms with Gasteiger partial charge in [0.15, 0.2) is 6.10 Å². The summed E-state index contributed by atoms with van der Waals surface area (Å²) in [6.07, 6.45) is -1.35. The van der Waals surface area contributed by atoms with E-state index < -0.39 is 35.7 Å². The number of benzene rings is 2. The summed E-state index contributed by atoms with van der Waals surface area (Å²) in [4.78, 5) is 36.0. The molecule has 0 saturated heterocycles. The Morgan fingerprint density at radius 3 is 2.36 bits per heavy atom. The Balaban J connectivity index is 1.82. The molecule has 2 N–H and O–H groups in total. The van der Waals surface area contributed by atoms with Gasteiger partial charge in [0.2, 0.25) is 0 Å². The lowest BCUT2D eigenvalue weighted by Gasteiger charge is -2.17. The summed E-state index contributed by atoms with van der Waals surface area (Å²) in [5.41, 5.74) is 0.231. The fraction of sp³-hybridized carbons (Fsp3) is 0.250. The quantitative estimate of drug-likeness (QED) is 0.712. The van der Waals surface area contributed by atoms with Gasteiger partial charge in [0.25, 0.3) is 11.8 Å². The van der Waals surface area contributed by atoms with Crippen molar-refractivity contribution in [2.75, 3.05) is 5.32 Å². The summed E-state index contributed by atoms with van der Waals surface area (Å²) in [7, 11) is 0. The summed E-state index contributed by atoms with van der Waals surface area (Å²) in [6, 6.07) is 10.7. The van der Waals surface area contributed by atoms with Crippen LogP contribution in [0.1, 0.15) is 30.6 Å². The van der Waals surface area contributed by atoms with Crippen LogP contribution >= 0.6 is 0 Å². The minimum absolute atomic E-state index is 0.152. The molecule has 0 aromatic heterocycles. The van der Waals surface area contributed by atoms with Crippen LogP contribution in [-0.2, 0) is 14.3 Å². The average Bonchev–Trinajstić information content (AvgIpc) is 2.64. The molecule has 0 radical (unpaired) electrons. The zero-order valence-electron chi connectivity index (χ0n) is 15.4. The van der Waals surface area contributed by atoms with E-state index in [1.165, 1.54) is 6.92 Å². The Bertz CT molecular complexity index is 859. The van der Waals surface area contributed by atoms with Crippen molar-refractivity contribution in [1.29, 1.82) is 0 Å². The maximum absolute atomic E-state index is 13.6. The molecular weight excluding hydrogens is 370 g/mol. The highest BCUT2D eigenvalue weighted by atomic mass is 19.1. The number of anilines is 1. The van der Waals surface area contributed by atoms with Crippen molar-refractivity contribution in [3.05, 3.63) is 65.7 Å². The molecule has 0 fully saturated rings. The maximum Gasteiger partial charge on any atom is 0.308 e. The third-order valence-corrected chi connectivity index (χ3v) is 3.75. The number of amides is 2. The Labute approximate surface area is 160 Å². The van der Waals surface area contributed by atoms with E-state index in [0.717, 1.165) is 12.1 Å². The van der Waals surface area contributed by atoms with E-state index in [9.17, 15) is 23.2 Å². The number of ether oxygens (including phenoxy) is 1. The summed E-state index contributed by atoms with van der Waals surface area (Å²) < 4.78 is 31.5. The molecular formula is C20H20F2N2O4. The summed E-state index contributed by atoms with van der Waals surface area (Å²) in [5.74, 6) is -3.52. The highest BCUT2D eigenvalue weighted by Crippen LogP contribution is 2.15. The second-order valence-corrected chi connectivity index (χ2v) is 6.19. The molecule has 0 aliphatic carbocycles. The van der Waals surface area contributed by atoms with Crippen molar-refractivity contribution < 1.29 is 27.9 Å². The Hall–Kier alpha value is -3.29. The molecule has 6 nitrogen and oxygen atoms in total. The van der Waals surface area contributed by atoms with Crippen LogP contribution in [-0.4, -0.2) is 29.9 Å². The third-order valence-electron chi connectivity index (χ3n) is 3.75. The van der Waals surface area contributed by atoms with Crippen LogP contribution < -0.4 is 10.6 Å². The topological polar surface area (TPSA) is 84.5 Å². The molecule has 0 spiro atoms.